The van der Waals surface area contributed by atoms with Crippen molar-refractivity contribution in [3.8, 4) is 0 Å². The lowest BCUT2D eigenvalue weighted by atomic mass is 9.98. The summed E-state index contributed by atoms with van der Waals surface area (Å²) in [5.41, 5.74) is 13.5. The number of hydrogen-bond donors (Lipinski definition) is 8. The molecule has 40 heavy (non-hydrogen) atoms. The molecule has 2 rings (SSSR count). The van der Waals surface area contributed by atoms with Crippen molar-refractivity contribution in [3.05, 3.63) is 36.0 Å². The van der Waals surface area contributed by atoms with Gasteiger partial charge in [0.25, 0.3) is 0 Å². The Hall–Kier alpha value is -3.97. The van der Waals surface area contributed by atoms with Gasteiger partial charge in [-0.1, -0.05) is 38.5 Å². The van der Waals surface area contributed by atoms with E-state index >= 15 is 0 Å². The number of benzene rings is 1. The molecule has 220 valence electrons. The molecule has 3 amide bonds. The number of nitrogens with one attached hydrogen (secondary N) is 4. The molecule has 13 nitrogen and oxygen atoms in total. The number of fused-ring (bicyclic) bond motifs is 1. The number of amides is 3. The van der Waals surface area contributed by atoms with Gasteiger partial charge in [-0.05, 0) is 49.8 Å². The maximum Gasteiger partial charge on any atom is 0.326 e. The van der Waals surface area contributed by atoms with Crippen LogP contribution in [0.15, 0.2) is 30.5 Å². The molecular formula is C27H40N6O7. The molecule has 5 unspecified atom stereocenters. The molecule has 1 aromatic heterocycles. The van der Waals surface area contributed by atoms with Gasteiger partial charge >= 0.3 is 11.9 Å². The molecule has 0 aliphatic rings. The summed E-state index contributed by atoms with van der Waals surface area (Å²) in [7, 11) is 0. The Labute approximate surface area is 232 Å². The molecule has 0 saturated carbocycles. The SMILES string of the molecule is CCC(C)C(NC(=O)C(CC(=O)O)NC(=O)C(CCCCN)NC(=O)C(N)Cc1c[nH]c2ccccc12)C(=O)O. The average molecular weight is 561 g/mol. The van der Waals surface area contributed by atoms with E-state index in [4.69, 9.17) is 11.5 Å². The number of carboxylic acids is 2. The third-order valence-corrected chi connectivity index (χ3v) is 6.82. The maximum absolute atomic E-state index is 13.2. The van der Waals surface area contributed by atoms with E-state index in [1.54, 1.807) is 20.0 Å². The predicted octanol–water partition coefficient (Wildman–Crippen LogP) is 0.227. The Morgan fingerprint density at radius 3 is 2.23 bits per heavy atom. The van der Waals surface area contributed by atoms with Gasteiger partial charge in [0.2, 0.25) is 17.7 Å². The largest absolute Gasteiger partial charge is 0.481 e. The Balaban J connectivity index is 2.15. The van der Waals surface area contributed by atoms with Crippen molar-refractivity contribution in [2.24, 2.45) is 17.4 Å². The van der Waals surface area contributed by atoms with Crippen molar-refractivity contribution in [1.82, 2.24) is 20.9 Å². The average Bonchev–Trinajstić information content (AvgIpc) is 3.32. The van der Waals surface area contributed by atoms with Crippen LogP contribution in [0.2, 0.25) is 0 Å². The lowest BCUT2D eigenvalue weighted by Crippen LogP contribution is -2.58. The van der Waals surface area contributed by atoms with Gasteiger partial charge in [0.1, 0.15) is 18.1 Å². The smallest absolute Gasteiger partial charge is 0.326 e. The number of para-hydroxylation sites is 1. The van der Waals surface area contributed by atoms with E-state index in [0.29, 0.717) is 25.8 Å². The van der Waals surface area contributed by atoms with E-state index in [-0.39, 0.29) is 12.8 Å². The van der Waals surface area contributed by atoms with Gasteiger partial charge in [0, 0.05) is 17.1 Å². The highest BCUT2D eigenvalue weighted by atomic mass is 16.4. The molecule has 1 heterocycles. The number of carbonyl (C=O) groups is 5. The second-order valence-electron chi connectivity index (χ2n) is 9.88. The topological polar surface area (TPSA) is 230 Å². The van der Waals surface area contributed by atoms with Crippen LogP contribution >= 0.6 is 0 Å². The van der Waals surface area contributed by atoms with E-state index < -0.39 is 66.2 Å². The summed E-state index contributed by atoms with van der Waals surface area (Å²) in [6, 6.07) is 2.60. The zero-order chi connectivity index (χ0) is 29.8. The zero-order valence-corrected chi connectivity index (χ0v) is 22.8. The van der Waals surface area contributed by atoms with Crippen LogP contribution in [0.4, 0.5) is 0 Å². The second kappa shape index (κ2) is 15.6. The van der Waals surface area contributed by atoms with Crippen LogP contribution in [0.3, 0.4) is 0 Å². The normalized spacial score (nSPS) is 14.9. The van der Waals surface area contributed by atoms with Gasteiger partial charge in [0.05, 0.1) is 12.5 Å². The van der Waals surface area contributed by atoms with Gasteiger partial charge < -0.3 is 42.6 Å². The fourth-order valence-corrected chi connectivity index (χ4v) is 4.26. The molecule has 5 atom stereocenters. The van der Waals surface area contributed by atoms with E-state index in [2.05, 4.69) is 20.9 Å². The van der Waals surface area contributed by atoms with Gasteiger partial charge in [-0.15, -0.1) is 0 Å². The lowest BCUT2D eigenvalue weighted by Gasteiger charge is -2.26. The monoisotopic (exact) mass is 560 g/mol. The van der Waals surface area contributed by atoms with Gasteiger partial charge in [-0.2, -0.15) is 0 Å². The summed E-state index contributed by atoms with van der Waals surface area (Å²) in [6.07, 6.45) is 2.83. The summed E-state index contributed by atoms with van der Waals surface area (Å²) in [5, 5.41) is 27.0. The van der Waals surface area contributed by atoms with Crippen molar-refractivity contribution in [1.29, 1.82) is 0 Å². The van der Waals surface area contributed by atoms with Crippen LogP contribution in [-0.4, -0.2) is 75.6 Å². The van der Waals surface area contributed by atoms with Crippen molar-refractivity contribution in [2.45, 2.75) is 76.5 Å². The molecule has 0 fully saturated rings. The van der Waals surface area contributed by atoms with Crippen LogP contribution in [0.1, 0.15) is 51.5 Å². The van der Waals surface area contributed by atoms with Crippen LogP contribution in [-0.2, 0) is 30.4 Å². The number of H-pyrrole nitrogens is 1. The first kappa shape index (κ1) is 32.2. The molecule has 2 aromatic rings. The van der Waals surface area contributed by atoms with Gasteiger partial charge in [-0.25, -0.2) is 4.79 Å². The van der Waals surface area contributed by atoms with E-state index in [1.807, 2.05) is 24.3 Å². The van der Waals surface area contributed by atoms with Crippen LogP contribution < -0.4 is 27.4 Å². The van der Waals surface area contributed by atoms with E-state index in [1.165, 1.54) is 0 Å². The molecule has 0 aliphatic heterocycles. The molecule has 0 aliphatic carbocycles. The Kier molecular flexibility index (Phi) is 12.6. The summed E-state index contributed by atoms with van der Waals surface area (Å²) in [5.74, 6) is -5.43. The highest BCUT2D eigenvalue weighted by Crippen LogP contribution is 2.19. The van der Waals surface area contributed by atoms with E-state index in [0.717, 1.165) is 16.5 Å². The molecule has 1 aromatic carbocycles. The molecule has 10 N–H and O–H groups in total. The molecule has 0 spiro atoms. The third-order valence-electron chi connectivity index (χ3n) is 6.82. The molecule has 0 radical (unpaired) electrons. The molecule has 13 heteroatoms. The van der Waals surface area contributed by atoms with Crippen molar-refractivity contribution in [2.75, 3.05) is 6.54 Å². The number of aromatic amines is 1. The molecular weight excluding hydrogens is 520 g/mol. The maximum atomic E-state index is 13.2. The zero-order valence-electron chi connectivity index (χ0n) is 22.8. The summed E-state index contributed by atoms with van der Waals surface area (Å²) < 4.78 is 0. The standard InChI is InChI=1S/C27H40N6O7/c1-3-15(2)23(27(39)40)33-26(38)21(13-22(34)35)32-25(37)20(10-6-7-11-28)31-24(36)18(29)12-16-14-30-19-9-5-4-8-17(16)19/h4-5,8-9,14-15,18,20-21,23,30H,3,6-7,10-13,28-29H2,1-2H3,(H,31,36)(H,32,37)(H,33,38)(H,34,35)(H,39,40). The summed E-state index contributed by atoms with van der Waals surface area (Å²) in [6.45, 7) is 3.74. The first-order valence-corrected chi connectivity index (χ1v) is 13.3. The Morgan fingerprint density at radius 2 is 1.60 bits per heavy atom. The number of carboxylic acid groups (broad SMARTS) is 2. The Bertz CT molecular complexity index is 1180. The Morgan fingerprint density at radius 1 is 0.950 bits per heavy atom. The molecule has 0 bridgehead atoms. The van der Waals surface area contributed by atoms with Crippen molar-refractivity contribution >= 4 is 40.6 Å². The number of carbonyl (C=O) groups excluding carboxylic acids is 3. The minimum Gasteiger partial charge on any atom is -0.481 e. The number of hydrogen-bond acceptors (Lipinski definition) is 7. The predicted molar refractivity (Wildman–Crippen MR) is 148 cm³/mol. The van der Waals surface area contributed by atoms with Crippen LogP contribution in [0.25, 0.3) is 10.9 Å². The van der Waals surface area contributed by atoms with Gasteiger partial charge in [0.15, 0.2) is 0 Å². The minimum absolute atomic E-state index is 0.167. The highest BCUT2D eigenvalue weighted by molar-refractivity contribution is 5.95. The van der Waals surface area contributed by atoms with Gasteiger partial charge in [-0.3, -0.25) is 19.2 Å². The summed E-state index contributed by atoms with van der Waals surface area (Å²) >= 11 is 0. The molecule has 0 saturated heterocycles. The summed E-state index contributed by atoms with van der Waals surface area (Å²) in [4.78, 5) is 65.3. The number of aromatic nitrogens is 1. The second-order valence-corrected chi connectivity index (χ2v) is 9.88. The number of nitrogens with two attached hydrogens (primary N) is 2. The van der Waals surface area contributed by atoms with Crippen LogP contribution in [0, 0.1) is 5.92 Å². The number of rotatable bonds is 17. The van der Waals surface area contributed by atoms with Crippen LogP contribution in [0.5, 0.6) is 0 Å². The first-order chi connectivity index (χ1) is 19.0. The highest BCUT2D eigenvalue weighted by Gasteiger charge is 2.33. The lowest BCUT2D eigenvalue weighted by molar-refractivity contribution is -0.144. The fraction of sp³-hybridized carbons (Fsp3) is 0.519. The quantitative estimate of drug-likeness (QED) is 0.124. The fourth-order valence-electron chi connectivity index (χ4n) is 4.26. The van der Waals surface area contributed by atoms with Crippen molar-refractivity contribution in [3.63, 3.8) is 0 Å². The van der Waals surface area contributed by atoms with Crippen molar-refractivity contribution < 1.29 is 34.2 Å². The number of aliphatic carboxylic acids is 2. The third kappa shape index (κ3) is 9.35. The first-order valence-electron chi connectivity index (χ1n) is 13.3. The van der Waals surface area contributed by atoms with E-state index in [9.17, 15) is 34.2 Å². The number of unbranched alkanes of at least 4 members (excludes halogenated alkanes) is 1. The minimum atomic E-state index is -1.57.